The maximum Gasteiger partial charge on any atom is 0.326 e. The largest absolute Gasteiger partial charge is 0.460 e. The predicted molar refractivity (Wildman–Crippen MR) is 68.0 cm³/mol. The standard InChI is InChI=1S/C14H17NO3/c1-10-8-15-12(13(10)17-2)14(16)18-9-11-6-4-3-5-7-11/h3-7,12-13,15H,1,8-9H2,2H3/t12-,13+/m0/s1. The molecule has 0 aromatic heterocycles. The number of ether oxygens (including phenoxy) is 2. The Labute approximate surface area is 107 Å². The van der Waals surface area contributed by atoms with Crippen LogP contribution in [0.4, 0.5) is 0 Å². The van der Waals surface area contributed by atoms with Crippen LogP contribution in [0.15, 0.2) is 42.5 Å². The molecule has 1 aromatic carbocycles. The Kier molecular flexibility index (Phi) is 4.12. The van der Waals surface area contributed by atoms with Crippen LogP contribution >= 0.6 is 0 Å². The average molecular weight is 247 g/mol. The molecule has 0 radical (unpaired) electrons. The molecule has 1 saturated heterocycles. The lowest BCUT2D eigenvalue weighted by atomic mass is 10.1. The molecule has 18 heavy (non-hydrogen) atoms. The fourth-order valence-corrected chi connectivity index (χ4v) is 2.01. The van der Waals surface area contributed by atoms with Gasteiger partial charge in [0, 0.05) is 13.7 Å². The third-order valence-corrected chi connectivity index (χ3v) is 2.99. The second-order valence-electron chi connectivity index (χ2n) is 4.27. The monoisotopic (exact) mass is 247 g/mol. The van der Waals surface area contributed by atoms with Crippen molar-refractivity contribution in [3.63, 3.8) is 0 Å². The van der Waals surface area contributed by atoms with Gasteiger partial charge in [0.05, 0.1) is 0 Å². The van der Waals surface area contributed by atoms with E-state index in [4.69, 9.17) is 9.47 Å². The van der Waals surface area contributed by atoms with E-state index >= 15 is 0 Å². The van der Waals surface area contributed by atoms with Gasteiger partial charge in [-0.2, -0.15) is 0 Å². The number of carbonyl (C=O) groups is 1. The molecule has 4 nitrogen and oxygen atoms in total. The van der Waals surface area contributed by atoms with Crippen molar-refractivity contribution in [3.05, 3.63) is 48.0 Å². The van der Waals surface area contributed by atoms with Gasteiger partial charge >= 0.3 is 5.97 Å². The molecular weight excluding hydrogens is 230 g/mol. The number of carbonyl (C=O) groups excluding carboxylic acids is 1. The van der Waals surface area contributed by atoms with Crippen LogP contribution in [-0.2, 0) is 20.9 Å². The van der Waals surface area contributed by atoms with Gasteiger partial charge in [0.15, 0.2) is 0 Å². The highest BCUT2D eigenvalue weighted by molar-refractivity contribution is 5.78. The van der Waals surface area contributed by atoms with Crippen LogP contribution in [0.3, 0.4) is 0 Å². The summed E-state index contributed by atoms with van der Waals surface area (Å²) in [6.07, 6.45) is -0.298. The van der Waals surface area contributed by atoms with Crippen molar-refractivity contribution in [2.75, 3.05) is 13.7 Å². The number of methoxy groups -OCH3 is 1. The van der Waals surface area contributed by atoms with E-state index in [9.17, 15) is 4.79 Å². The number of benzene rings is 1. The van der Waals surface area contributed by atoms with E-state index in [1.807, 2.05) is 30.3 Å². The zero-order valence-electron chi connectivity index (χ0n) is 10.4. The van der Waals surface area contributed by atoms with Crippen molar-refractivity contribution in [2.45, 2.75) is 18.8 Å². The molecule has 0 unspecified atom stereocenters. The van der Waals surface area contributed by atoms with Crippen LogP contribution < -0.4 is 5.32 Å². The summed E-state index contributed by atoms with van der Waals surface area (Å²) in [5, 5.41) is 3.04. The topological polar surface area (TPSA) is 47.6 Å². The molecule has 0 saturated carbocycles. The molecule has 0 aliphatic carbocycles. The highest BCUT2D eigenvalue weighted by Crippen LogP contribution is 2.17. The van der Waals surface area contributed by atoms with Crippen molar-refractivity contribution in [2.24, 2.45) is 0 Å². The SMILES string of the molecule is C=C1CN[C@H](C(=O)OCc2ccccc2)[C@@H]1OC. The van der Waals surface area contributed by atoms with E-state index in [2.05, 4.69) is 11.9 Å². The Morgan fingerprint density at radius 2 is 2.17 bits per heavy atom. The summed E-state index contributed by atoms with van der Waals surface area (Å²) in [4.78, 5) is 11.9. The first-order valence-corrected chi connectivity index (χ1v) is 5.87. The van der Waals surface area contributed by atoms with Crippen molar-refractivity contribution in [1.82, 2.24) is 5.32 Å². The van der Waals surface area contributed by atoms with Crippen LogP contribution in [-0.4, -0.2) is 31.8 Å². The Morgan fingerprint density at radius 3 is 2.83 bits per heavy atom. The maximum absolute atomic E-state index is 11.9. The van der Waals surface area contributed by atoms with Gasteiger partial charge in [0.2, 0.25) is 0 Å². The first-order chi connectivity index (χ1) is 8.72. The first-order valence-electron chi connectivity index (χ1n) is 5.87. The van der Waals surface area contributed by atoms with E-state index in [-0.39, 0.29) is 18.7 Å². The van der Waals surface area contributed by atoms with Crippen LogP contribution in [0.2, 0.25) is 0 Å². The second kappa shape index (κ2) is 5.80. The smallest absolute Gasteiger partial charge is 0.326 e. The molecule has 1 aromatic rings. The van der Waals surface area contributed by atoms with Crippen molar-refractivity contribution >= 4 is 5.97 Å². The highest BCUT2D eigenvalue weighted by Gasteiger charge is 2.36. The molecule has 0 spiro atoms. The summed E-state index contributed by atoms with van der Waals surface area (Å²) < 4.78 is 10.5. The molecular formula is C14H17NO3. The van der Waals surface area contributed by atoms with Gasteiger partial charge in [-0.3, -0.25) is 10.1 Å². The molecule has 1 heterocycles. The average Bonchev–Trinajstić information content (AvgIpc) is 2.78. The highest BCUT2D eigenvalue weighted by atomic mass is 16.5. The van der Waals surface area contributed by atoms with Crippen LogP contribution in [0.25, 0.3) is 0 Å². The number of esters is 1. The van der Waals surface area contributed by atoms with E-state index in [0.29, 0.717) is 6.54 Å². The van der Waals surface area contributed by atoms with Crippen molar-refractivity contribution in [1.29, 1.82) is 0 Å². The van der Waals surface area contributed by atoms with E-state index in [1.54, 1.807) is 7.11 Å². The second-order valence-corrected chi connectivity index (χ2v) is 4.27. The van der Waals surface area contributed by atoms with Gasteiger partial charge in [-0.1, -0.05) is 36.9 Å². The summed E-state index contributed by atoms with van der Waals surface area (Å²) in [5.41, 5.74) is 1.84. The lowest BCUT2D eigenvalue weighted by Crippen LogP contribution is -2.40. The Morgan fingerprint density at radius 1 is 1.44 bits per heavy atom. The van der Waals surface area contributed by atoms with Gasteiger partial charge < -0.3 is 9.47 Å². The summed E-state index contributed by atoms with van der Waals surface area (Å²) in [7, 11) is 1.57. The lowest BCUT2D eigenvalue weighted by molar-refractivity contribution is -0.149. The summed E-state index contributed by atoms with van der Waals surface area (Å²) in [6, 6.07) is 9.14. The quantitative estimate of drug-likeness (QED) is 0.643. The van der Waals surface area contributed by atoms with E-state index in [1.165, 1.54) is 0 Å². The van der Waals surface area contributed by atoms with E-state index in [0.717, 1.165) is 11.1 Å². The summed E-state index contributed by atoms with van der Waals surface area (Å²) in [5.74, 6) is -0.302. The van der Waals surface area contributed by atoms with Gasteiger partial charge in [0.1, 0.15) is 18.8 Å². The van der Waals surface area contributed by atoms with Crippen LogP contribution in [0, 0.1) is 0 Å². The zero-order valence-corrected chi connectivity index (χ0v) is 10.4. The molecule has 1 fully saturated rings. The fraction of sp³-hybridized carbons (Fsp3) is 0.357. The Balaban J connectivity index is 1.90. The molecule has 96 valence electrons. The molecule has 0 bridgehead atoms. The molecule has 1 aliphatic rings. The Hall–Kier alpha value is -1.65. The molecule has 1 N–H and O–H groups in total. The van der Waals surface area contributed by atoms with Crippen molar-refractivity contribution < 1.29 is 14.3 Å². The molecule has 2 atom stereocenters. The third-order valence-electron chi connectivity index (χ3n) is 2.99. The van der Waals surface area contributed by atoms with E-state index < -0.39 is 6.04 Å². The molecule has 2 rings (SSSR count). The first kappa shape index (κ1) is 12.8. The summed E-state index contributed by atoms with van der Waals surface area (Å²) >= 11 is 0. The molecule has 1 aliphatic heterocycles. The Bertz CT molecular complexity index is 430. The lowest BCUT2D eigenvalue weighted by Gasteiger charge is -2.17. The zero-order chi connectivity index (χ0) is 13.0. The van der Waals surface area contributed by atoms with Crippen LogP contribution in [0.1, 0.15) is 5.56 Å². The fourth-order valence-electron chi connectivity index (χ4n) is 2.01. The maximum atomic E-state index is 11.9. The minimum Gasteiger partial charge on any atom is -0.460 e. The minimum absolute atomic E-state index is 0.279. The minimum atomic E-state index is -0.453. The van der Waals surface area contributed by atoms with Gasteiger partial charge in [0.25, 0.3) is 0 Å². The van der Waals surface area contributed by atoms with Crippen LogP contribution in [0.5, 0.6) is 0 Å². The number of hydrogen-bond acceptors (Lipinski definition) is 4. The van der Waals surface area contributed by atoms with Gasteiger partial charge in [-0.05, 0) is 11.1 Å². The molecule has 0 amide bonds. The normalized spacial score (nSPS) is 23.1. The number of hydrogen-bond donors (Lipinski definition) is 1. The predicted octanol–water partition coefficient (Wildman–Crippen LogP) is 1.27. The molecule has 4 heteroatoms. The summed E-state index contributed by atoms with van der Waals surface area (Å²) in [6.45, 7) is 4.73. The number of nitrogens with one attached hydrogen (secondary N) is 1. The third kappa shape index (κ3) is 2.78. The number of rotatable bonds is 4. The van der Waals surface area contributed by atoms with Gasteiger partial charge in [-0.25, -0.2) is 0 Å². The van der Waals surface area contributed by atoms with Crippen molar-refractivity contribution in [3.8, 4) is 0 Å². The van der Waals surface area contributed by atoms with Gasteiger partial charge in [-0.15, -0.1) is 0 Å².